The molecule has 5 heteroatoms. The van der Waals surface area contributed by atoms with Crippen molar-refractivity contribution in [2.45, 2.75) is 45.1 Å². The van der Waals surface area contributed by atoms with Crippen LogP contribution in [0.2, 0.25) is 0 Å². The lowest BCUT2D eigenvalue weighted by Crippen LogP contribution is -2.43. The number of benzene rings is 1. The molecule has 1 aromatic heterocycles. The fourth-order valence-corrected chi connectivity index (χ4v) is 4.39. The standard InChI is InChI=1S/C19H26N4O/c1-11-4-5-13-15(9-11)22-18-14(19(21)24)6-7-16(17(13)18)23-8-2-3-12(20)10-23/h6-7,11-12,22H,2-5,8-10,20H2,1H3,(H2,21,24)/t11?,12-/m0/s1. The van der Waals surface area contributed by atoms with Crippen LogP contribution in [0.15, 0.2) is 12.1 Å². The van der Waals surface area contributed by atoms with E-state index in [-0.39, 0.29) is 11.9 Å². The molecule has 2 aromatic rings. The van der Waals surface area contributed by atoms with Gasteiger partial charge in [0.05, 0.1) is 11.1 Å². The van der Waals surface area contributed by atoms with Gasteiger partial charge in [0.2, 0.25) is 0 Å². The zero-order valence-corrected chi connectivity index (χ0v) is 14.3. The molecule has 1 fully saturated rings. The summed E-state index contributed by atoms with van der Waals surface area (Å²) >= 11 is 0. The Morgan fingerprint density at radius 1 is 1.33 bits per heavy atom. The van der Waals surface area contributed by atoms with Gasteiger partial charge in [-0.05, 0) is 55.7 Å². The Labute approximate surface area is 142 Å². The second kappa shape index (κ2) is 5.81. The van der Waals surface area contributed by atoms with E-state index in [9.17, 15) is 4.79 Å². The molecule has 1 aliphatic carbocycles. The van der Waals surface area contributed by atoms with Crippen LogP contribution in [0.25, 0.3) is 10.9 Å². The van der Waals surface area contributed by atoms with Gasteiger partial charge in [-0.15, -0.1) is 0 Å². The number of H-pyrrole nitrogens is 1. The molecule has 1 saturated heterocycles. The van der Waals surface area contributed by atoms with Crippen molar-refractivity contribution in [3.8, 4) is 0 Å². The van der Waals surface area contributed by atoms with Crippen molar-refractivity contribution < 1.29 is 4.79 Å². The number of nitrogens with one attached hydrogen (secondary N) is 1. The van der Waals surface area contributed by atoms with Gasteiger partial charge in [-0.25, -0.2) is 0 Å². The summed E-state index contributed by atoms with van der Waals surface area (Å²) in [6.45, 7) is 4.18. The highest BCUT2D eigenvalue weighted by atomic mass is 16.1. The third-order valence-corrected chi connectivity index (χ3v) is 5.63. The van der Waals surface area contributed by atoms with Crippen LogP contribution < -0.4 is 16.4 Å². The first-order valence-electron chi connectivity index (χ1n) is 9.01. The molecule has 2 aliphatic rings. The summed E-state index contributed by atoms with van der Waals surface area (Å²) in [4.78, 5) is 17.8. The number of hydrogen-bond acceptors (Lipinski definition) is 3. The normalized spacial score (nSPS) is 24.2. The van der Waals surface area contributed by atoms with Crippen molar-refractivity contribution in [2.24, 2.45) is 17.4 Å². The number of hydrogen-bond donors (Lipinski definition) is 3. The van der Waals surface area contributed by atoms with E-state index in [1.807, 2.05) is 6.07 Å². The van der Waals surface area contributed by atoms with Crippen LogP contribution >= 0.6 is 0 Å². The molecular formula is C19H26N4O. The van der Waals surface area contributed by atoms with E-state index in [0.717, 1.165) is 44.3 Å². The maximum absolute atomic E-state index is 11.9. The fraction of sp³-hybridized carbons (Fsp3) is 0.526. The predicted octanol–water partition coefficient (Wildman–Crippen LogP) is 2.32. The molecule has 5 N–H and O–H groups in total. The SMILES string of the molecule is CC1CCc2c([nH]c3c(C(N)=O)ccc(N4CCC[C@H](N)C4)c23)C1. The van der Waals surface area contributed by atoms with Crippen molar-refractivity contribution in [1.29, 1.82) is 0 Å². The summed E-state index contributed by atoms with van der Waals surface area (Å²) in [5.74, 6) is 0.308. The van der Waals surface area contributed by atoms with E-state index in [4.69, 9.17) is 11.5 Å². The third-order valence-electron chi connectivity index (χ3n) is 5.63. The third kappa shape index (κ3) is 2.47. The molecule has 24 heavy (non-hydrogen) atoms. The molecule has 128 valence electrons. The molecule has 1 aromatic carbocycles. The Morgan fingerprint density at radius 2 is 2.17 bits per heavy atom. The average molecular weight is 326 g/mol. The highest BCUT2D eigenvalue weighted by Gasteiger charge is 2.27. The van der Waals surface area contributed by atoms with E-state index in [2.05, 4.69) is 22.9 Å². The number of rotatable bonds is 2. The highest BCUT2D eigenvalue weighted by molar-refractivity contribution is 6.10. The molecule has 1 amide bonds. The number of piperidine rings is 1. The van der Waals surface area contributed by atoms with Crippen LogP contribution in [0.4, 0.5) is 5.69 Å². The van der Waals surface area contributed by atoms with E-state index < -0.39 is 0 Å². The van der Waals surface area contributed by atoms with Gasteiger partial charge in [0, 0.05) is 35.9 Å². The van der Waals surface area contributed by atoms with Gasteiger partial charge in [-0.2, -0.15) is 0 Å². The minimum atomic E-state index is -0.367. The lowest BCUT2D eigenvalue weighted by molar-refractivity contribution is 0.100. The molecule has 0 bridgehead atoms. The summed E-state index contributed by atoms with van der Waals surface area (Å²) in [6.07, 6.45) is 5.50. The van der Waals surface area contributed by atoms with Gasteiger partial charge in [0.1, 0.15) is 0 Å². The number of carbonyl (C=O) groups excluding carboxylic acids is 1. The average Bonchev–Trinajstić information content (AvgIpc) is 2.91. The van der Waals surface area contributed by atoms with Crippen molar-refractivity contribution in [3.63, 3.8) is 0 Å². The van der Waals surface area contributed by atoms with Crippen LogP contribution in [0.3, 0.4) is 0 Å². The van der Waals surface area contributed by atoms with Crippen molar-refractivity contribution in [2.75, 3.05) is 18.0 Å². The van der Waals surface area contributed by atoms with Gasteiger partial charge in [0.25, 0.3) is 5.91 Å². The fourth-order valence-electron chi connectivity index (χ4n) is 4.39. The Kier molecular flexibility index (Phi) is 3.76. The first-order valence-corrected chi connectivity index (χ1v) is 9.01. The zero-order chi connectivity index (χ0) is 16.8. The molecule has 5 nitrogen and oxygen atoms in total. The highest BCUT2D eigenvalue weighted by Crippen LogP contribution is 2.39. The van der Waals surface area contributed by atoms with Gasteiger partial charge in [-0.1, -0.05) is 6.92 Å². The summed E-state index contributed by atoms with van der Waals surface area (Å²) in [6, 6.07) is 4.15. The van der Waals surface area contributed by atoms with Crippen LogP contribution in [0.1, 0.15) is 47.8 Å². The summed E-state index contributed by atoms with van der Waals surface area (Å²) in [7, 11) is 0. The predicted molar refractivity (Wildman–Crippen MR) is 97.4 cm³/mol. The molecular weight excluding hydrogens is 300 g/mol. The maximum Gasteiger partial charge on any atom is 0.250 e. The molecule has 1 unspecified atom stereocenters. The number of primary amides is 1. The van der Waals surface area contributed by atoms with Crippen LogP contribution in [0, 0.1) is 5.92 Å². The minimum Gasteiger partial charge on any atom is -0.369 e. The second-order valence-electron chi connectivity index (χ2n) is 7.52. The first kappa shape index (κ1) is 15.5. The summed E-state index contributed by atoms with van der Waals surface area (Å²) < 4.78 is 0. The lowest BCUT2D eigenvalue weighted by atomic mass is 9.87. The molecule has 1 aliphatic heterocycles. The van der Waals surface area contributed by atoms with Gasteiger partial charge in [-0.3, -0.25) is 4.79 Å². The number of aromatic amines is 1. The Bertz CT molecular complexity index is 794. The van der Waals surface area contributed by atoms with Gasteiger partial charge >= 0.3 is 0 Å². The number of aromatic nitrogens is 1. The molecule has 0 spiro atoms. The van der Waals surface area contributed by atoms with E-state index in [1.165, 1.54) is 28.8 Å². The number of anilines is 1. The van der Waals surface area contributed by atoms with Crippen molar-refractivity contribution in [3.05, 3.63) is 29.0 Å². The number of nitrogens with zero attached hydrogens (tertiary/aromatic N) is 1. The molecule has 4 rings (SSSR count). The molecule has 0 radical (unpaired) electrons. The van der Waals surface area contributed by atoms with E-state index in [1.54, 1.807) is 0 Å². The topological polar surface area (TPSA) is 88.1 Å². The second-order valence-corrected chi connectivity index (χ2v) is 7.52. The molecule has 2 heterocycles. The monoisotopic (exact) mass is 326 g/mol. The number of fused-ring (bicyclic) bond motifs is 3. The Morgan fingerprint density at radius 3 is 2.92 bits per heavy atom. The van der Waals surface area contributed by atoms with Gasteiger partial charge < -0.3 is 21.4 Å². The van der Waals surface area contributed by atoms with Crippen LogP contribution in [0.5, 0.6) is 0 Å². The smallest absolute Gasteiger partial charge is 0.250 e. The number of nitrogens with two attached hydrogens (primary N) is 2. The molecule has 2 atom stereocenters. The quantitative estimate of drug-likeness (QED) is 0.791. The van der Waals surface area contributed by atoms with E-state index in [0.29, 0.717) is 11.5 Å². The summed E-state index contributed by atoms with van der Waals surface area (Å²) in [5.41, 5.74) is 17.2. The Balaban J connectivity index is 1.91. The van der Waals surface area contributed by atoms with Crippen molar-refractivity contribution >= 4 is 22.5 Å². The minimum absolute atomic E-state index is 0.222. The number of amides is 1. The largest absolute Gasteiger partial charge is 0.369 e. The maximum atomic E-state index is 11.9. The first-order chi connectivity index (χ1) is 11.5. The molecule has 0 saturated carbocycles. The van der Waals surface area contributed by atoms with E-state index >= 15 is 0 Å². The Hall–Kier alpha value is -2.01. The number of carbonyl (C=O) groups is 1. The van der Waals surface area contributed by atoms with Crippen molar-refractivity contribution in [1.82, 2.24) is 4.98 Å². The lowest BCUT2D eigenvalue weighted by Gasteiger charge is -2.33. The van der Waals surface area contributed by atoms with Crippen LogP contribution in [-0.4, -0.2) is 30.0 Å². The zero-order valence-electron chi connectivity index (χ0n) is 14.3. The van der Waals surface area contributed by atoms with Crippen LogP contribution in [-0.2, 0) is 12.8 Å². The van der Waals surface area contributed by atoms with Gasteiger partial charge in [0.15, 0.2) is 0 Å². The number of aryl methyl sites for hydroxylation is 1. The summed E-state index contributed by atoms with van der Waals surface area (Å²) in [5, 5.41) is 1.20.